The van der Waals surface area contributed by atoms with Crippen molar-refractivity contribution < 1.29 is 4.79 Å². The topological polar surface area (TPSA) is 58.4 Å². The summed E-state index contributed by atoms with van der Waals surface area (Å²) in [6.07, 6.45) is 0. The summed E-state index contributed by atoms with van der Waals surface area (Å²) in [7, 11) is 2.11. The zero-order valence-corrected chi connectivity index (χ0v) is 15.7. The van der Waals surface area contributed by atoms with Crippen molar-refractivity contribution in [3.8, 4) is 0 Å². The third-order valence-corrected chi connectivity index (χ3v) is 3.34. The second kappa shape index (κ2) is 10.1. The number of halogens is 2. The number of rotatable bonds is 6. The van der Waals surface area contributed by atoms with Crippen molar-refractivity contribution in [2.24, 2.45) is 5.73 Å². The lowest BCUT2D eigenvalue weighted by atomic mass is 10.1. The van der Waals surface area contributed by atoms with Crippen LogP contribution in [0.4, 0.5) is 0 Å². The van der Waals surface area contributed by atoms with Gasteiger partial charge in [0.15, 0.2) is 0 Å². The highest BCUT2D eigenvalue weighted by Gasteiger charge is 2.21. The monoisotopic (exact) mass is 349 g/mol. The third-order valence-electron chi connectivity index (χ3n) is 3.34. The Morgan fingerprint density at radius 1 is 1.27 bits per heavy atom. The molecule has 1 aromatic carbocycles. The van der Waals surface area contributed by atoms with Crippen LogP contribution in [0.3, 0.4) is 0 Å². The molecule has 1 rings (SSSR count). The van der Waals surface area contributed by atoms with E-state index >= 15 is 0 Å². The van der Waals surface area contributed by atoms with Crippen molar-refractivity contribution in [2.75, 3.05) is 7.05 Å². The minimum Gasteiger partial charge on any atom is -0.350 e. The van der Waals surface area contributed by atoms with E-state index in [0.717, 1.165) is 12.1 Å². The maximum atomic E-state index is 11.7. The largest absolute Gasteiger partial charge is 0.350 e. The van der Waals surface area contributed by atoms with Crippen LogP contribution in [0.25, 0.3) is 0 Å². The zero-order chi connectivity index (χ0) is 15.3. The van der Waals surface area contributed by atoms with Gasteiger partial charge in [0.2, 0.25) is 5.91 Å². The summed E-state index contributed by atoms with van der Waals surface area (Å²) in [4.78, 5) is 14.0. The van der Waals surface area contributed by atoms with Crippen LogP contribution in [0.5, 0.6) is 0 Å². The number of nitrogens with two attached hydrogens (primary N) is 1. The SMILES string of the molecule is CC(C)N(C)Cc1cccc(CNC(=O)C(C)(C)N)c1.Cl.Cl. The molecule has 0 aliphatic rings. The van der Waals surface area contributed by atoms with Gasteiger partial charge in [0.05, 0.1) is 5.54 Å². The molecule has 0 saturated carbocycles. The number of amides is 1. The number of hydrogen-bond donors (Lipinski definition) is 2. The first-order chi connectivity index (χ1) is 9.20. The Hall–Kier alpha value is -0.810. The molecule has 0 spiro atoms. The number of nitrogens with one attached hydrogen (secondary N) is 1. The Balaban J connectivity index is 0. The highest BCUT2D eigenvalue weighted by atomic mass is 35.5. The molecule has 22 heavy (non-hydrogen) atoms. The van der Waals surface area contributed by atoms with Gasteiger partial charge in [-0.05, 0) is 45.9 Å². The minimum atomic E-state index is -0.838. The maximum absolute atomic E-state index is 11.7. The van der Waals surface area contributed by atoms with Crippen LogP contribution in [0.15, 0.2) is 24.3 Å². The van der Waals surface area contributed by atoms with Gasteiger partial charge in [-0.2, -0.15) is 0 Å². The molecule has 0 atom stereocenters. The minimum absolute atomic E-state index is 0. The van der Waals surface area contributed by atoms with Crippen LogP contribution in [-0.2, 0) is 17.9 Å². The highest BCUT2D eigenvalue weighted by molar-refractivity contribution is 5.85. The molecule has 0 heterocycles. The van der Waals surface area contributed by atoms with E-state index in [9.17, 15) is 4.79 Å². The molecule has 6 heteroatoms. The van der Waals surface area contributed by atoms with E-state index in [1.807, 2.05) is 12.1 Å². The third kappa shape index (κ3) is 7.99. The smallest absolute Gasteiger partial charge is 0.239 e. The molecule has 0 bridgehead atoms. The van der Waals surface area contributed by atoms with E-state index < -0.39 is 5.54 Å². The van der Waals surface area contributed by atoms with Crippen molar-refractivity contribution >= 4 is 30.7 Å². The van der Waals surface area contributed by atoms with Crippen molar-refractivity contribution in [2.45, 2.75) is 52.4 Å². The van der Waals surface area contributed by atoms with Gasteiger partial charge in [-0.25, -0.2) is 0 Å². The number of carbonyl (C=O) groups is 1. The van der Waals surface area contributed by atoms with Crippen LogP contribution in [0.2, 0.25) is 0 Å². The van der Waals surface area contributed by atoms with E-state index in [2.05, 4.69) is 43.2 Å². The molecule has 0 aliphatic carbocycles. The van der Waals surface area contributed by atoms with E-state index in [1.54, 1.807) is 13.8 Å². The Bertz CT molecular complexity index is 459. The van der Waals surface area contributed by atoms with Gasteiger partial charge in [0.1, 0.15) is 0 Å². The standard InChI is InChI=1S/C16H27N3O.2ClH/c1-12(2)19(5)11-14-8-6-7-13(9-14)10-18-15(20)16(3,4)17;;/h6-9,12H,10-11,17H2,1-5H3,(H,18,20);2*1H. The fourth-order valence-corrected chi connectivity index (χ4v) is 1.72. The quantitative estimate of drug-likeness (QED) is 0.829. The lowest BCUT2D eigenvalue weighted by Gasteiger charge is -2.21. The van der Waals surface area contributed by atoms with Gasteiger partial charge in [0, 0.05) is 19.1 Å². The van der Waals surface area contributed by atoms with Gasteiger partial charge < -0.3 is 11.1 Å². The average molecular weight is 350 g/mol. The summed E-state index contributed by atoms with van der Waals surface area (Å²) in [5, 5.41) is 2.86. The summed E-state index contributed by atoms with van der Waals surface area (Å²) in [5.74, 6) is -0.137. The van der Waals surface area contributed by atoms with Crippen molar-refractivity contribution in [1.82, 2.24) is 10.2 Å². The van der Waals surface area contributed by atoms with E-state index in [4.69, 9.17) is 5.73 Å². The number of hydrogen-bond acceptors (Lipinski definition) is 3. The molecule has 0 aromatic heterocycles. The molecule has 128 valence electrons. The molecule has 3 N–H and O–H groups in total. The van der Waals surface area contributed by atoms with Gasteiger partial charge in [-0.3, -0.25) is 9.69 Å². The Morgan fingerprint density at radius 3 is 2.32 bits per heavy atom. The van der Waals surface area contributed by atoms with Crippen molar-refractivity contribution in [3.63, 3.8) is 0 Å². The molecule has 0 unspecified atom stereocenters. The van der Waals surface area contributed by atoms with Crippen molar-refractivity contribution in [1.29, 1.82) is 0 Å². The van der Waals surface area contributed by atoms with E-state index in [1.165, 1.54) is 5.56 Å². The Morgan fingerprint density at radius 2 is 1.82 bits per heavy atom. The first-order valence-electron chi connectivity index (χ1n) is 7.05. The normalized spacial score (nSPS) is 10.9. The van der Waals surface area contributed by atoms with Crippen LogP contribution in [0, 0.1) is 0 Å². The molecule has 0 fully saturated rings. The maximum Gasteiger partial charge on any atom is 0.239 e. The first-order valence-corrected chi connectivity index (χ1v) is 7.05. The number of nitrogens with zero attached hydrogens (tertiary/aromatic N) is 1. The van der Waals surface area contributed by atoms with Crippen molar-refractivity contribution in [3.05, 3.63) is 35.4 Å². The molecule has 0 aliphatic heterocycles. The summed E-state index contributed by atoms with van der Waals surface area (Å²) in [6.45, 7) is 9.17. The summed E-state index contributed by atoms with van der Waals surface area (Å²) >= 11 is 0. The van der Waals surface area contributed by atoms with Gasteiger partial charge >= 0.3 is 0 Å². The molecule has 1 amide bonds. The Kier molecular flexibility index (Phi) is 10.7. The van der Waals surface area contributed by atoms with E-state index in [0.29, 0.717) is 12.6 Å². The molecule has 1 aromatic rings. The average Bonchev–Trinajstić information content (AvgIpc) is 2.35. The molecular weight excluding hydrogens is 321 g/mol. The summed E-state index contributed by atoms with van der Waals surface area (Å²) in [5.41, 5.74) is 7.26. The summed E-state index contributed by atoms with van der Waals surface area (Å²) in [6, 6.07) is 8.79. The molecule has 0 saturated heterocycles. The second-order valence-electron chi connectivity index (χ2n) is 6.23. The number of benzene rings is 1. The predicted molar refractivity (Wildman–Crippen MR) is 97.7 cm³/mol. The van der Waals surface area contributed by atoms with Crippen LogP contribution in [0.1, 0.15) is 38.8 Å². The zero-order valence-electron chi connectivity index (χ0n) is 14.1. The number of carbonyl (C=O) groups excluding carboxylic acids is 1. The molecular formula is C16H29Cl2N3O. The second-order valence-corrected chi connectivity index (χ2v) is 6.23. The lowest BCUT2D eigenvalue weighted by Crippen LogP contribution is -2.48. The fourth-order valence-electron chi connectivity index (χ4n) is 1.72. The van der Waals surface area contributed by atoms with Crippen LogP contribution >= 0.6 is 24.8 Å². The first kappa shape index (κ1) is 23.5. The highest BCUT2D eigenvalue weighted by Crippen LogP contribution is 2.09. The fraction of sp³-hybridized carbons (Fsp3) is 0.562. The molecule has 0 radical (unpaired) electrons. The Labute approximate surface area is 146 Å². The van der Waals surface area contributed by atoms with Gasteiger partial charge in [-0.1, -0.05) is 24.3 Å². The van der Waals surface area contributed by atoms with Gasteiger partial charge in [0.25, 0.3) is 0 Å². The van der Waals surface area contributed by atoms with E-state index in [-0.39, 0.29) is 30.7 Å². The predicted octanol–water partition coefficient (Wildman–Crippen LogP) is 2.72. The lowest BCUT2D eigenvalue weighted by molar-refractivity contribution is -0.125. The van der Waals surface area contributed by atoms with Gasteiger partial charge in [-0.15, -0.1) is 24.8 Å². The van der Waals surface area contributed by atoms with Crippen LogP contribution < -0.4 is 11.1 Å². The summed E-state index contributed by atoms with van der Waals surface area (Å²) < 4.78 is 0. The van der Waals surface area contributed by atoms with Crippen LogP contribution in [-0.4, -0.2) is 29.4 Å². The molecule has 4 nitrogen and oxygen atoms in total.